The Morgan fingerprint density at radius 3 is 2.47 bits per heavy atom. The number of rotatable bonds is 8. The van der Waals surface area contributed by atoms with Crippen LogP contribution in [0.25, 0.3) is 0 Å². The smallest absolute Gasteiger partial charge is 0.258 e. The molecule has 1 saturated heterocycles. The van der Waals surface area contributed by atoms with Gasteiger partial charge in [-0.3, -0.25) is 9.59 Å². The highest BCUT2D eigenvalue weighted by Gasteiger charge is 2.24. The highest BCUT2D eigenvalue weighted by Crippen LogP contribution is 2.18. The van der Waals surface area contributed by atoms with E-state index in [-0.39, 0.29) is 24.5 Å². The number of nitrogens with one attached hydrogen (secondary N) is 1. The van der Waals surface area contributed by atoms with Crippen LogP contribution in [0.2, 0.25) is 0 Å². The SMILES string of the molecule is CCCc1ccc(OCC(=O)NC2CCN(C(=O)c3cccc(OC)c3)CC2)cc1. The molecule has 0 radical (unpaired) electrons. The van der Waals surface area contributed by atoms with Gasteiger partial charge >= 0.3 is 0 Å². The van der Waals surface area contributed by atoms with Crippen molar-refractivity contribution in [2.45, 2.75) is 38.6 Å². The van der Waals surface area contributed by atoms with Crippen molar-refractivity contribution in [2.75, 3.05) is 26.8 Å². The standard InChI is InChI=1S/C24H30N2O4/c1-3-5-18-8-10-21(11-9-18)30-17-23(27)25-20-12-14-26(15-13-20)24(28)19-6-4-7-22(16-19)29-2/h4,6-11,16,20H,3,5,12-15,17H2,1-2H3,(H,25,27). The van der Waals surface area contributed by atoms with Crippen LogP contribution in [0, 0.1) is 0 Å². The molecule has 30 heavy (non-hydrogen) atoms. The highest BCUT2D eigenvalue weighted by atomic mass is 16.5. The van der Waals surface area contributed by atoms with E-state index in [1.807, 2.05) is 41.3 Å². The van der Waals surface area contributed by atoms with Gasteiger partial charge in [0.15, 0.2) is 6.61 Å². The van der Waals surface area contributed by atoms with Crippen molar-refractivity contribution in [1.29, 1.82) is 0 Å². The number of hydrogen-bond donors (Lipinski definition) is 1. The van der Waals surface area contributed by atoms with Crippen molar-refractivity contribution in [3.63, 3.8) is 0 Å². The fourth-order valence-corrected chi connectivity index (χ4v) is 3.62. The van der Waals surface area contributed by atoms with Crippen molar-refractivity contribution < 1.29 is 19.1 Å². The van der Waals surface area contributed by atoms with Crippen LogP contribution >= 0.6 is 0 Å². The van der Waals surface area contributed by atoms with E-state index in [0.717, 1.165) is 25.7 Å². The molecule has 1 aliphatic rings. The number of amides is 2. The van der Waals surface area contributed by atoms with Crippen LogP contribution in [0.3, 0.4) is 0 Å². The molecule has 0 aromatic heterocycles. The molecule has 2 amide bonds. The first-order valence-corrected chi connectivity index (χ1v) is 10.5. The van der Waals surface area contributed by atoms with Gasteiger partial charge in [0.1, 0.15) is 11.5 Å². The Morgan fingerprint density at radius 2 is 1.80 bits per heavy atom. The quantitative estimate of drug-likeness (QED) is 0.724. The first-order chi connectivity index (χ1) is 14.6. The topological polar surface area (TPSA) is 67.9 Å². The molecule has 2 aromatic rings. The molecule has 6 nitrogen and oxygen atoms in total. The third-order valence-electron chi connectivity index (χ3n) is 5.30. The Balaban J connectivity index is 1.41. The predicted molar refractivity (Wildman–Crippen MR) is 116 cm³/mol. The number of benzene rings is 2. The van der Waals surface area contributed by atoms with Crippen molar-refractivity contribution in [2.24, 2.45) is 0 Å². The number of methoxy groups -OCH3 is 1. The van der Waals surface area contributed by atoms with Crippen molar-refractivity contribution in [1.82, 2.24) is 10.2 Å². The fourth-order valence-electron chi connectivity index (χ4n) is 3.62. The number of carbonyl (C=O) groups excluding carboxylic acids is 2. The Bertz CT molecular complexity index is 843. The van der Waals surface area contributed by atoms with Crippen molar-refractivity contribution in [3.05, 3.63) is 59.7 Å². The zero-order valence-electron chi connectivity index (χ0n) is 17.7. The number of carbonyl (C=O) groups is 2. The molecule has 0 unspecified atom stereocenters. The van der Waals surface area contributed by atoms with E-state index < -0.39 is 0 Å². The molecule has 0 aliphatic carbocycles. The summed E-state index contributed by atoms with van der Waals surface area (Å²) in [5, 5.41) is 3.02. The number of likely N-dealkylation sites (tertiary alicyclic amines) is 1. The second-order valence-corrected chi connectivity index (χ2v) is 7.55. The summed E-state index contributed by atoms with van der Waals surface area (Å²) in [5.41, 5.74) is 1.89. The molecule has 0 saturated carbocycles. The Labute approximate surface area is 178 Å². The summed E-state index contributed by atoms with van der Waals surface area (Å²) in [6, 6.07) is 15.1. The average Bonchev–Trinajstić information content (AvgIpc) is 2.79. The summed E-state index contributed by atoms with van der Waals surface area (Å²) in [7, 11) is 1.59. The third-order valence-corrected chi connectivity index (χ3v) is 5.30. The van der Waals surface area contributed by atoms with Gasteiger partial charge in [-0.05, 0) is 55.2 Å². The predicted octanol–water partition coefficient (Wildman–Crippen LogP) is 3.45. The molecule has 160 valence electrons. The third kappa shape index (κ3) is 5.99. The lowest BCUT2D eigenvalue weighted by Gasteiger charge is -2.32. The molecular weight excluding hydrogens is 380 g/mol. The molecular formula is C24H30N2O4. The minimum absolute atomic E-state index is 0.00389. The van der Waals surface area contributed by atoms with Crippen LogP contribution < -0.4 is 14.8 Å². The number of piperidine rings is 1. The Hall–Kier alpha value is -3.02. The van der Waals surface area contributed by atoms with Crippen LogP contribution in [0.1, 0.15) is 42.1 Å². The van der Waals surface area contributed by atoms with Gasteiger partial charge in [0, 0.05) is 24.7 Å². The molecule has 1 heterocycles. The van der Waals surface area contributed by atoms with Crippen molar-refractivity contribution in [3.8, 4) is 11.5 Å². The van der Waals surface area contributed by atoms with Crippen LogP contribution in [-0.4, -0.2) is 49.6 Å². The second kappa shape index (κ2) is 10.7. The number of aryl methyl sites for hydroxylation is 1. The van der Waals surface area contributed by atoms with Gasteiger partial charge < -0.3 is 19.7 Å². The summed E-state index contributed by atoms with van der Waals surface area (Å²) >= 11 is 0. The monoisotopic (exact) mass is 410 g/mol. The maximum absolute atomic E-state index is 12.7. The van der Waals surface area contributed by atoms with Crippen LogP contribution in [0.4, 0.5) is 0 Å². The first-order valence-electron chi connectivity index (χ1n) is 10.5. The molecule has 0 atom stereocenters. The van der Waals surface area contributed by atoms with Gasteiger partial charge in [-0.15, -0.1) is 0 Å². The summed E-state index contributed by atoms with van der Waals surface area (Å²) in [5.74, 6) is 1.23. The Kier molecular flexibility index (Phi) is 7.71. The Morgan fingerprint density at radius 1 is 1.07 bits per heavy atom. The van der Waals surface area contributed by atoms with Gasteiger partial charge in [0.2, 0.25) is 0 Å². The van der Waals surface area contributed by atoms with Gasteiger partial charge in [-0.25, -0.2) is 0 Å². The lowest BCUT2D eigenvalue weighted by Crippen LogP contribution is -2.47. The van der Waals surface area contributed by atoms with E-state index in [1.54, 1.807) is 19.2 Å². The van der Waals surface area contributed by atoms with Crippen LogP contribution in [0.5, 0.6) is 11.5 Å². The summed E-state index contributed by atoms with van der Waals surface area (Å²) in [6.45, 7) is 3.37. The lowest BCUT2D eigenvalue weighted by atomic mass is 10.0. The maximum atomic E-state index is 12.7. The maximum Gasteiger partial charge on any atom is 0.258 e. The van der Waals surface area contributed by atoms with E-state index in [1.165, 1.54) is 5.56 Å². The molecule has 1 fully saturated rings. The van der Waals surface area contributed by atoms with Gasteiger partial charge in [0.25, 0.3) is 11.8 Å². The summed E-state index contributed by atoms with van der Waals surface area (Å²) < 4.78 is 10.8. The molecule has 3 rings (SSSR count). The van der Waals surface area contributed by atoms with E-state index in [4.69, 9.17) is 9.47 Å². The molecule has 6 heteroatoms. The number of ether oxygens (including phenoxy) is 2. The fraction of sp³-hybridized carbons (Fsp3) is 0.417. The van der Waals surface area contributed by atoms with E-state index in [9.17, 15) is 9.59 Å². The van der Waals surface area contributed by atoms with E-state index in [0.29, 0.717) is 30.2 Å². The molecule has 1 N–H and O–H groups in total. The molecule has 0 bridgehead atoms. The molecule has 0 spiro atoms. The number of hydrogen-bond acceptors (Lipinski definition) is 4. The number of nitrogens with zero attached hydrogens (tertiary/aromatic N) is 1. The zero-order chi connectivity index (χ0) is 21.3. The van der Waals surface area contributed by atoms with Gasteiger partial charge in [-0.1, -0.05) is 31.5 Å². The summed E-state index contributed by atoms with van der Waals surface area (Å²) in [4.78, 5) is 26.7. The van der Waals surface area contributed by atoms with E-state index >= 15 is 0 Å². The first kappa shape index (κ1) is 21.7. The average molecular weight is 411 g/mol. The zero-order valence-corrected chi connectivity index (χ0v) is 17.7. The van der Waals surface area contributed by atoms with Gasteiger partial charge in [-0.2, -0.15) is 0 Å². The minimum atomic E-state index is -0.134. The second-order valence-electron chi connectivity index (χ2n) is 7.55. The summed E-state index contributed by atoms with van der Waals surface area (Å²) in [6.07, 6.45) is 3.60. The largest absolute Gasteiger partial charge is 0.497 e. The minimum Gasteiger partial charge on any atom is -0.497 e. The van der Waals surface area contributed by atoms with Crippen LogP contribution in [-0.2, 0) is 11.2 Å². The van der Waals surface area contributed by atoms with Crippen molar-refractivity contribution >= 4 is 11.8 Å². The van der Waals surface area contributed by atoms with E-state index in [2.05, 4.69) is 12.2 Å². The van der Waals surface area contributed by atoms with Crippen LogP contribution in [0.15, 0.2) is 48.5 Å². The highest BCUT2D eigenvalue weighted by molar-refractivity contribution is 5.94. The molecule has 1 aliphatic heterocycles. The molecule has 2 aromatic carbocycles. The van der Waals surface area contributed by atoms with Gasteiger partial charge in [0.05, 0.1) is 7.11 Å². The lowest BCUT2D eigenvalue weighted by molar-refractivity contribution is -0.124. The normalized spacial score (nSPS) is 14.3.